The molecule has 4 heteroatoms. The van der Waals surface area contributed by atoms with E-state index >= 15 is 0 Å². The predicted molar refractivity (Wildman–Crippen MR) is 86.7 cm³/mol. The van der Waals surface area contributed by atoms with Gasteiger partial charge >= 0.3 is 0 Å². The number of nitrogens with zero attached hydrogens (tertiary/aromatic N) is 2. The monoisotopic (exact) mass is 291 g/mol. The van der Waals surface area contributed by atoms with Gasteiger partial charge in [0.2, 0.25) is 5.91 Å². The zero-order valence-electron chi connectivity index (χ0n) is 13.6. The van der Waals surface area contributed by atoms with Crippen LogP contribution in [0.1, 0.15) is 57.6 Å². The fourth-order valence-corrected chi connectivity index (χ4v) is 2.66. The average molecular weight is 291 g/mol. The number of hydrogen-bond acceptors (Lipinski definition) is 3. The van der Waals surface area contributed by atoms with Crippen LogP contribution in [0.15, 0.2) is 24.5 Å². The first kappa shape index (κ1) is 17.6. The van der Waals surface area contributed by atoms with E-state index in [-0.39, 0.29) is 11.9 Å². The van der Waals surface area contributed by atoms with Crippen LogP contribution in [0.4, 0.5) is 0 Å². The van der Waals surface area contributed by atoms with Crippen molar-refractivity contribution in [3.05, 3.63) is 30.1 Å². The lowest BCUT2D eigenvalue weighted by atomic mass is 9.94. The number of nitrogens with two attached hydrogens (primary N) is 1. The Kier molecular flexibility index (Phi) is 7.98. The maximum absolute atomic E-state index is 12.3. The summed E-state index contributed by atoms with van der Waals surface area (Å²) in [6.45, 7) is 4.95. The molecule has 0 radical (unpaired) electrons. The molecule has 1 heterocycles. The molecule has 2 unspecified atom stereocenters. The smallest absolute Gasteiger partial charge is 0.222 e. The van der Waals surface area contributed by atoms with Gasteiger partial charge in [0.1, 0.15) is 0 Å². The first-order valence-corrected chi connectivity index (χ1v) is 7.95. The Labute approximate surface area is 128 Å². The molecule has 1 amide bonds. The molecule has 2 atom stereocenters. The molecule has 0 aliphatic heterocycles. The number of pyridine rings is 1. The fourth-order valence-electron chi connectivity index (χ4n) is 2.66. The molecule has 0 bridgehead atoms. The van der Waals surface area contributed by atoms with E-state index < -0.39 is 0 Å². The van der Waals surface area contributed by atoms with Gasteiger partial charge in [0.25, 0.3) is 0 Å². The highest BCUT2D eigenvalue weighted by molar-refractivity contribution is 5.76. The van der Waals surface area contributed by atoms with Crippen molar-refractivity contribution in [1.29, 1.82) is 0 Å². The summed E-state index contributed by atoms with van der Waals surface area (Å²) < 4.78 is 0. The minimum atomic E-state index is 0.0830. The molecule has 0 fully saturated rings. The zero-order chi connectivity index (χ0) is 15.7. The van der Waals surface area contributed by atoms with Crippen LogP contribution >= 0.6 is 0 Å². The van der Waals surface area contributed by atoms with Crippen LogP contribution in [-0.2, 0) is 4.79 Å². The number of carbonyl (C=O) groups excluding carboxylic acids is 1. The van der Waals surface area contributed by atoms with E-state index in [1.54, 1.807) is 12.4 Å². The fraction of sp³-hybridized carbons (Fsp3) is 0.647. The summed E-state index contributed by atoms with van der Waals surface area (Å²) in [4.78, 5) is 18.2. The number of carbonyl (C=O) groups is 1. The molecule has 0 aliphatic carbocycles. The Hall–Kier alpha value is -1.42. The van der Waals surface area contributed by atoms with Gasteiger partial charge in [0.15, 0.2) is 0 Å². The summed E-state index contributed by atoms with van der Waals surface area (Å²) in [6.07, 6.45) is 8.42. The van der Waals surface area contributed by atoms with E-state index in [2.05, 4.69) is 18.8 Å². The molecule has 0 saturated heterocycles. The Morgan fingerprint density at radius 1 is 1.29 bits per heavy atom. The van der Waals surface area contributed by atoms with Crippen molar-refractivity contribution in [2.24, 2.45) is 11.7 Å². The van der Waals surface area contributed by atoms with E-state index in [1.165, 1.54) is 0 Å². The lowest BCUT2D eigenvalue weighted by Gasteiger charge is -2.26. The van der Waals surface area contributed by atoms with Crippen LogP contribution in [0.2, 0.25) is 0 Å². The van der Waals surface area contributed by atoms with Gasteiger partial charge < -0.3 is 10.6 Å². The minimum Gasteiger partial charge on any atom is -0.339 e. The Balaban J connectivity index is 2.50. The molecule has 1 rings (SSSR count). The molecule has 118 valence electrons. The molecule has 4 nitrogen and oxygen atoms in total. The van der Waals surface area contributed by atoms with Gasteiger partial charge in [-0.2, -0.15) is 0 Å². The van der Waals surface area contributed by atoms with Gasteiger partial charge in [-0.3, -0.25) is 9.78 Å². The summed E-state index contributed by atoms with van der Waals surface area (Å²) in [5, 5.41) is 0. The second kappa shape index (κ2) is 9.50. The molecular formula is C17H29N3O. The van der Waals surface area contributed by atoms with Crippen molar-refractivity contribution in [3.63, 3.8) is 0 Å². The van der Waals surface area contributed by atoms with Crippen LogP contribution in [0.3, 0.4) is 0 Å². The third-order valence-corrected chi connectivity index (χ3v) is 4.20. The van der Waals surface area contributed by atoms with Gasteiger partial charge in [-0.1, -0.05) is 19.8 Å². The second-order valence-electron chi connectivity index (χ2n) is 5.73. The zero-order valence-corrected chi connectivity index (χ0v) is 13.6. The van der Waals surface area contributed by atoms with Gasteiger partial charge in [0, 0.05) is 25.9 Å². The third-order valence-electron chi connectivity index (χ3n) is 4.20. The van der Waals surface area contributed by atoms with E-state index in [0.29, 0.717) is 18.9 Å². The Morgan fingerprint density at radius 3 is 2.52 bits per heavy atom. The van der Waals surface area contributed by atoms with Crippen LogP contribution in [0.25, 0.3) is 0 Å². The standard InChI is InChI=1S/C17H29N3O/c1-4-5-15(8-11-18)6-7-17(21)20(3)14(2)16-9-12-19-13-10-16/h9-10,12-15H,4-8,11,18H2,1-3H3. The molecule has 0 spiro atoms. The molecule has 1 aromatic heterocycles. The maximum Gasteiger partial charge on any atom is 0.222 e. The summed E-state index contributed by atoms with van der Waals surface area (Å²) in [5.74, 6) is 0.783. The topological polar surface area (TPSA) is 59.2 Å². The first-order chi connectivity index (χ1) is 10.1. The Morgan fingerprint density at radius 2 is 1.95 bits per heavy atom. The quantitative estimate of drug-likeness (QED) is 0.760. The van der Waals surface area contributed by atoms with Gasteiger partial charge in [-0.15, -0.1) is 0 Å². The molecule has 0 aromatic carbocycles. The first-order valence-electron chi connectivity index (χ1n) is 7.95. The normalized spacial score (nSPS) is 13.7. The van der Waals surface area contributed by atoms with Gasteiger partial charge in [-0.25, -0.2) is 0 Å². The Bertz CT molecular complexity index is 402. The van der Waals surface area contributed by atoms with E-state index in [4.69, 9.17) is 5.73 Å². The maximum atomic E-state index is 12.3. The summed E-state index contributed by atoms with van der Waals surface area (Å²) in [7, 11) is 1.88. The van der Waals surface area contributed by atoms with Crippen molar-refractivity contribution in [2.45, 2.75) is 52.0 Å². The van der Waals surface area contributed by atoms with Crippen LogP contribution in [0.5, 0.6) is 0 Å². The molecular weight excluding hydrogens is 262 g/mol. The number of rotatable bonds is 9. The number of amides is 1. The SMILES string of the molecule is CCCC(CCN)CCC(=O)N(C)C(C)c1ccncc1. The summed E-state index contributed by atoms with van der Waals surface area (Å²) >= 11 is 0. The lowest BCUT2D eigenvalue weighted by molar-refractivity contribution is -0.132. The van der Waals surface area contributed by atoms with Gasteiger partial charge in [-0.05, 0) is 49.9 Å². The van der Waals surface area contributed by atoms with Crippen molar-refractivity contribution in [1.82, 2.24) is 9.88 Å². The molecule has 1 aromatic rings. The van der Waals surface area contributed by atoms with Crippen LogP contribution < -0.4 is 5.73 Å². The van der Waals surface area contributed by atoms with Crippen LogP contribution in [0, 0.1) is 5.92 Å². The lowest BCUT2D eigenvalue weighted by Crippen LogP contribution is -2.30. The predicted octanol–water partition coefficient (Wildman–Crippen LogP) is 3.15. The van der Waals surface area contributed by atoms with Crippen molar-refractivity contribution >= 4 is 5.91 Å². The highest BCUT2D eigenvalue weighted by Gasteiger charge is 2.18. The highest BCUT2D eigenvalue weighted by Crippen LogP contribution is 2.21. The van der Waals surface area contributed by atoms with Crippen molar-refractivity contribution in [2.75, 3.05) is 13.6 Å². The minimum absolute atomic E-state index is 0.0830. The van der Waals surface area contributed by atoms with E-state index in [9.17, 15) is 4.79 Å². The van der Waals surface area contributed by atoms with Crippen molar-refractivity contribution in [3.8, 4) is 0 Å². The van der Waals surface area contributed by atoms with E-state index in [1.807, 2.05) is 24.1 Å². The second-order valence-corrected chi connectivity index (χ2v) is 5.73. The molecule has 0 saturated carbocycles. The molecule has 21 heavy (non-hydrogen) atoms. The highest BCUT2D eigenvalue weighted by atomic mass is 16.2. The third kappa shape index (κ3) is 5.84. The molecule has 0 aliphatic rings. The van der Waals surface area contributed by atoms with Gasteiger partial charge in [0.05, 0.1) is 6.04 Å². The van der Waals surface area contributed by atoms with Crippen molar-refractivity contribution < 1.29 is 4.79 Å². The number of hydrogen-bond donors (Lipinski definition) is 1. The summed E-state index contributed by atoms with van der Waals surface area (Å²) in [6, 6.07) is 4.01. The van der Waals surface area contributed by atoms with E-state index in [0.717, 1.165) is 31.2 Å². The largest absolute Gasteiger partial charge is 0.339 e. The summed E-state index contributed by atoms with van der Waals surface area (Å²) in [5.41, 5.74) is 6.77. The molecule has 2 N–H and O–H groups in total. The average Bonchev–Trinajstić information content (AvgIpc) is 2.52. The number of aromatic nitrogens is 1. The van der Waals surface area contributed by atoms with Crippen LogP contribution in [-0.4, -0.2) is 29.4 Å².